The second-order valence-electron chi connectivity index (χ2n) is 2.20. The summed E-state index contributed by atoms with van der Waals surface area (Å²) in [5, 5.41) is 8.64. The van der Waals surface area contributed by atoms with Gasteiger partial charge in [-0.05, 0) is 13.0 Å². The molecule has 0 unspecified atom stereocenters. The predicted octanol–water partition coefficient (Wildman–Crippen LogP) is 0.0535. The van der Waals surface area contributed by atoms with Crippen LogP contribution in [0, 0.1) is 0 Å². The lowest BCUT2D eigenvalue weighted by Gasteiger charge is -2.15. The lowest BCUT2D eigenvalue weighted by Crippen LogP contribution is -2.36. The molecule has 0 rings (SSSR count). The summed E-state index contributed by atoms with van der Waals surface area (Å²) in [6.45, 7) is 7.34. The van der Waals surface area contributed by atoms with Crippen molar-refractivity contribution in [2.24, 2.45) is 0 Å². The highest BCUT2D eigenvalue weighted by atomic mass is 16.3. The standard InChI is InChI=1S/C8H11NO3/c1-4-7(11)9(5-10)8(12)6(2)3/h4,10H,1-2,5H2,3H3. The van der Waals surface area contributed by atoms with E-state index >= 15 is 0 Å². The third kappa shape index (κ3) is 2.32. The molecule has 0 saturated heterocycles. The van der Waals surface area contributed by atoms with Gasteiger partial charge in [0.25, 0.3) is 11.8 Å². The van der Waals surface area contributed by atoms with Gasteiger partial charge in [0, 0.05) is 5.57 Å². The molecule has 0 aliphatic heterocycles. The molecular weight excluding hydrogens is 158 g/mol. The van der Waals surface area contributed by atoms with Crippen molar-refractivity contribution in [3.05, 3.63) is 24.8 Å². The van der Waals surface area contributed by atoms with E-state index in [1.165, 1.54) is 6.92 Å². The van der Waals surface area contributed by atoms with Crippen LogP contribution in [0.4, 0.5) is 0 Å². The molecule has 66 valence electrons. The molecule has 0 aliphatic carbocycles. The molecular formula is C8H11NO3. The van der Waals surface area contributed by atoms with Crippen LogP contribution in [0.1, 0.15) is 6.92 Å². The maximum absolute atomic E-state index is 11.1. The number of aliphatic hydroxyl groups excluding tert-OH is 1. The molecule has 2 amide bonds. The van der Waals surface area contributed by atoms with Crippen LogP contribution in [0.15, 0.2) is 24.8 Å². The van der Waals surface area contributed by atoms with Crippen molar-refractivity contribution in [2.75, 3.05) is 6.73 Å². The Hall–Kier alpha value is -1.42. The van der Waals surface area contributed by atoms with Gasteiger partial charge in [-0.15, -0.1) is 0 Å². The van der Waals surface area contributed by atoms with Gasteiger partial charge in [0.1, 0.15) is 6.73 Å². The van der Waals surface area contributed by atoms with E-state index in [0.29, 0.717) is 4.90 Å². The molecule has 0 aliphatic rings. The highest BCUT2D eigenvalue weighted by Crippen LogP contribution is 1.98. The van der Waals surface area contributed by atoms with E-state index in [-0.39, 0.29) is 5.57 Å². The summed E-state index contributed by atoms with van der Waals surface area (Å²) in [6.07, 6.45) is 0.955. The van der Waals surface area contributed by atoms with Crippen molar-refractivity contribution in [3.8, 4) is 0 Å². The fourth-order valence-corrected chi connectivity index (χ4v) is 0.575. The number of imide groups is 1. The second-order valence-corrected chi connectivity index (χ2v) is 2.20. The van der Waals surface area contributed by atoms with Crippen LogP contribution in [0.25, 0.3) is 0 Å². The third-order valence-electron chi connectivity index (χ3n) is 1.19. The number of hydrogen-bond donors (Lipinski definition) is 1. The Morgan fingerprint density at radius 3 is 2.33 bits per heavy atom. The summed E-state index contributed by atoms with van der Waals surface area (Å²) in [5.41, 5.74) is 0.194. The van der Waals surface area contributed by atoms with Crippen LogP contribution >= 0.6 is 0 Å². The van der Waals surface area contributed by atoms with Crippen LogP contribution in [-0.4, -0.2) is 28.6 Å². The van der Waals surface area contributed by atoms with Gasteiger partial charge in [0.15, 0.2) is 0 Å². The van der Waals surface area contributed by atoms with E-state index in [4.69, 9.17) is 5.11 Å². The SMILES string of the molecule is C=CC(=O)N(CO)C(=O)C(=C)C. The average Bonchev–Trinajstić information content (AvgIpc) is 2.05. The normalized spacial score (nSPS) is 8.83. The zero-order valence-corrected chi connectivity index (χ0v) is 6.91. The smallest absolute Gasteiger partial charge is 0.257 e. The fraction of sp³-hybridized carbons (Fsp3) is 0.250. The molecule has 12 heavy (non-hydrogen) atoms. The van der Waals surface area contributed by atoms with Gasteiger partial charge in [-0.25, -0.2) is 0 Å². The molecule has 4 nitrogen and oxygen atoms in total. The molecule has 0 aromatic carbocycles. The van der Waals surface area contributed by atoms with Gasteiger partial charge in [0.05, 0.1) is 0 Å². The van der Waals surface area contributed by atoms with Crippen LogP contribution in [0.3, 0.4) is 0 Å². The molecule has 0 atom stereocenters. The first-order valence-corrected chi connectivity index (χ1v) is 3.29. The van der Waals surface area contributed by atoms with Crippen molar-refractivity contribution in [2.45, 2.75) is 6.92 Å². The Balaban J connectivity index is 4.56. The maximum Gasteiger partial charge on any atom is 0.257 e. The summed E-state index contributed by atoms with van der Waals surface area (Å²) in [5.74, 6) is -1.23. The topological polar surface area (TPSA) is 57.6 Å². The second kappa shape index (κ2) is 4.46. The van der Waals surface area contributed by atoms with Crippen molar-refractivity contribution in [1.29, 1.82) is 0 Å². The van der Waals surface area contributed by atoms with Gasteiger partial charge in [-0.1, -0.05) is 13.2 Å². The third-order valence-corrected chi connectivity index (χ3v) is 1.19. The molecule has 0 bridgehead atoms. The quantitative estimate of drug-likeness (QED) is 0.480. The average molecular weight is 169 g/mol. The molecule has 0 radical (unpaired) electrons. The number of carbonyl (C=O) groups excluding carboxylic acids is 2. The molecule has 0 aromatic heterocycles. The highest BCUT2D eigenvalue weighted by Gasteiger charge is 2.17. The number of nitrogens with zero attached hydrogens (tertiary/aromatic N) is 1. The number of carbonyl (C=O) groups is 2. The van der Waals surface area contributed by atoms with E-state index in [2.05, 4.69) is 13.2 Å². The Morgan fingerprint density at radius 1 is 1.58 bits per heavy atom. The van der Waals surface area contributed by atoms with Crippen molar-refractivity contribution in [1.82, 2.24) is 4.90 Å². The summed E-state index contributed by atoms with van der Waals surface area (Å²) in [7, 11) is 0. The first-order valence-electron chi connectivity index (χ1n) is 3.29. The molecule has 0 aromatic rings. The van der Waals surface area contributed by atoms with Gasteiger partial charge >= 0.3 is 0 Å². The zero-order valence-electron chi connectivity index (χ0n) is 6.91. The monoisotopic (exact) mass is 169 g/mol. The minimum Gasteiger partial charge on any atom is -0.376 e. The lowest BCUT2D eigenvalue weighted by atomic mass is 10.3. The van der Waals surface area contributed by atoms with Gasteiger partial charge in [-0.3, -0.25) is 14.5 Å². The molecule has 0 saturated carbocycles. The first kappa shape index (κ1) is 10.6. The minimum absolute atomic E-state index is 0.194. The van der Waals surface area contributed by atoms with Crippen LogP contribution in [-0.2, 0) is 9.59 Å². The molecule has 0 fully saturated rings. The Bertz CT molecular complexity index is 232. The molecule has 4 heteroatoms. The number of rotatable bonds is 3. The van der Waals surface area contributed by atoms with E-state index in [1.807, 2.05) is 0 Å². The number of aliphatic hydroxyl groups is 1. The lowest BCUT2D eigenvalue weighted by molar-refractivity contribution is -0.143. The van der Waals surface area contributed by atoms with Gasteiger partial charge in [-0.2, -0.15) is 0 Å². The van der Waals surface area contributed by atoms with Crippen LogP contribution < -0.4 is 0 Å². The minimum atomic E-state index is -0.656. The first-order chi connectivity index (χ1) is 5.54. The van der Waals surface area contributed by atoms with E-state index in [9.17, 15) is 9.59 Å². The molecule has 0 spiro atoms. The molecule has 0 heterocycles. The number of hydrogen-bond acceptors (Lipinski definition) is 3. The summed E-state index contributed by atoms with van der Waals surface area (Å²) in [4.78, 5) is 22.6. The van der Waals surface area contributed by atoms with Gasteiger partial charge < -0.3 is 5.11 Å². The summed E-state index contributed by atoms with van der Waals surface area (Å²) in [6, 6.07) is 0. The van der Waals surface area contributed by atoms with E-state index in [1.54, 1.807) is 0 Å². The van der Waals surface area contributed by atoms with E-state index < -0.39 is 18.5 Å². The summed E-state index contributed by atoms with van der Waals surface area (Å²) < 4.78 is 0. The van der Waals surface area contributed by atoms with Crippen LogP contribution in [0.5, 0.6) is 0 Å². The van der Waals surface area contributed by atoms with Gasteiger partial charge in [0.2, 0.25) is 0 Å². The van der Waals surface area contributed by atoms with Crippen molar-refractivity contribution >= 4 is 11.8 Å². The van der Waals surface area contributed by atoms with Crippen LogP contribution in [0.2, 0.25) is 0 Å². The largest absolute Gasteiger partial charge is 0.376 e. The zero-order chi connectivity index (χ0) is 9.72. The maximum atomic E-state index is 11.1. The van der Waals surface area contributed by atoms with Crippen molar-refractivity contribution in [3.63, 3.8) is 0 Å². The Kier molecular flexibility index (Phi) is 3.93. The fourth-order valence-electron chi connectivity index (χ4n) is 0.575. The number of amides is 2. The predicted molar refractivity (Wildman–Crippen MR) is 43.9 cm³/mol. The summed E-state index contributed by atoms with van der Waals surface area (Å²) >= 11 is 0. The Morgan fingerprint density at radius 2 is 2.08 bits per heavy atom. The highest BCUT2D eigenvalue weighted by molar-refractivity contribution is 6.06. The Labute approximate surface area is 70.8 Å². The molecule has 1 N–H and O–H groups in total. The van der Waals surface area contributed by atoms with E-state index in [0.717, 1.165) is 6.08 Å². The van der Waals surface area contributed by atoms with Crippen molar-refractivity contribution < 1.29 is 14.7 Å².